The number of rotatable bonds is 7. The molecule has 5 heteroatoms. The second kappa shape index (κ2) is 8.93. The molecule has 1 aliphatic rings. The Labute approximate surface area is 170 Å². The number of hydrogen-bond acceptors (Lipinski definition) is 4. The molecule has 0 radical (unpaired) electrons. The minimum absolute atomic E-state index is 0.255. The van der Waals surface area contributed by atoms with Crippen LogP contribution in [0.4, 0.5) is 0 Å². The molecule has 3 rings (SSSR count). The highest BCUT2D eigenvalue weighted by molar-refractivity contribution is 5.75. The van der Waals surface area contributed by atoms with Gasteiger partial charge in [0.25, 0.3) is 0 Å². The molecule has 28 heavy (non-hydrogen) atoms. The van der Waals surface area contributed by atoms with Crippen molar-refractivity contribution in [3.05, 3.63) is 30.1 Å². The van der Waals surface area contributed by atoms with Crippen molar-refractivity contribution in [3.8, 4) is 0 Å². The minimum Gasteiger partial charge on any atom is -0.396 e. The molecule has 0 aliphatic carbocycles. The van der Waals surface area contributed by atoms with Gasteiger partial charge in [0.1, 0.15) is 5.82 Å². The van der Waals surface area contributed by atoms with Crippen molar-refractivity contribution in [1.82, 2.24) is 19.4 Å². The minimum atomic E-state index is 0.255. The lowest BCUT2D eigenvalue weighted by molar-refractivity contribution is 0.0326. The molecule has 0 spiro atoms. The van der Waals surface area contributed by atoms with Gasteiger partial charge in [-0.1, -0.05) is 46.8 Å². The van der Waals surface area contributed by atoms with Crippen molar-refractivity contribution in [1.29, 1.82) is 0 Å². The van der Waals surface area contributed by atoms with Crippen LogP contribution in [-0.4, -0.2) is 63.3 Å². The Kier molecular flexibility index (Phi) is 6.79. The first-order valence-electron chi connectivity index (χ1n) is 10.8. The van der Waals surface area contributed by atoms with Gasteiger partial charge in [0, 0.05) is 45.4 Å². The van der Waals surface area contributed by atoms with Crippen LogP contribution in [0.3, 0.4) is 0 Å². The first-order valence-corrected chi connectivity index (χ1v) is 10.8. The normalized spacial score (nSPS) is 19.8. The summed E-state index contributed by atoms with van der Waals surface area (Å²) >= 11 is 0. The standard InChI is InChI=1S/C23H38N4O/c1-18(2)14-27-21-9-7-6-8-20(21)24-22(27)16-25-11-12-26(17-23(3,4)5)19(15-25)10-13-28/h6-9,18-19,28H,10-17H2,1-5H3. The summed E-state index contributed by atoms with van der Waals surface area (Å²) in [6.07, 6.45) is 0.842. The number of piperazine rings is 1. The van der Waals surface area contributed by atoms with Crippen molar-refractivity contribution in [3.63, 3.8) is 0 Å². The lowest BCUT2D eigenvalue weighted by atomic mass is 9.94. The highest BCUT2D eigenvalue weighted by atomic mass is 16.3. The number of fused-ring (bicyclic) bond motifs is 1. The molecular formula is C23H38N4O. The van der Waals surface area contributed by atoms with Gasteiger partial charge in [-0.05, 0) is 29.9 Å². The van der Waals surface area contributed by atoms with E-state index < -0.39 is 0 Å². The van der Waals surface area contributed by atoms with Crippen LogP contribution < -0.4 is 0 Å². The van der Waals surface area contributed by atoms with E-state index in [2.05, 4.69) is 73.3 Å². The average Bonchev–Trinajstić information content (AvgIpc) is 2.93. The van der Waals surface area contributed by atoms with Crippen LogP contribution in [0.15, 0.2) is 24.3 Å². The van der Waals surface area contributed by atoms with E-state index in [0.29, 0.717) is 12.0 Å². The van der Waals surface area contributed by atoms with Crippen molar-refractivity contribution < 1.29 is 5.11 Å². The molecule has 156 valence electrons. The number of hydrogen-bond donors (Lipinski definition) is 1. The van der Waals surface area contributed by atoms with E-state index in [0.717, 1.165) is 51.2 Å². The summed E-state index contributed by atoms with van der Waals surface area (Å²) in [5.41, 5.74) is 2.61. The van der Waals surface area contributed by atoms with Crippen LogP contribution in [0.1, 0.15) is 46.9 Å². The number of aromatic nitrogens is 2. The van der Waals surface area contributed by atoms with Crippen LogP contribution in [0.2, 0.25) is 0 Å². The Morgan fingerprint density at radius 2 is 1.93 bits per heavy atom. The van der Waals surface area contributed by atoms with E-state index in [-0.39, 0.29) is 12.0 Å². The fourth-order valence-electron chi connectivity index (χ4n) is 4.36. The second-order valence-corrected chi connectivity index (χ2v) is 9.95. The highest BCUT2D eigenvalue weighted by Crippen LogP contribution is 2.23. The van der Waals surface area contributed by atoms with Crippen LogP contribution >= 0.6 is 0 Å². The maximum atomic E-state index is 9.59. The molecule has 1 unspecified atom stereocenters. The summed E-state index contributed by atoms with van der Waals surface area (Å²) in [5.74, 6) is 1.75. The Balaban J connectivity index is 1.76. The smallest absolute Gasteiger partial charge is 0.124 e. The van der Waals surface area contributed by atoms with Crippen molar-refractivity contribution in [2.75, 3.05) is 32.8 Å². The first kappa shape index (κ1) is 21.3. The zero-order valence-electron chi connectivity index (χ0n) is 18.4. The fourth-order valence-corrected chi connectivity index (χ4v) is 4.36. The van der Waals surface area contributed by atoms with E-state index in [1.165, 1.54) is 11.3 Å². The summed E-state index contributed by atoms with van der Waals surface area (Å²) in [7, 11) is 0. The molecule has 1 aromatic carbocycles. The van der Waals surface area contributed by atoms with Crippen LogP contribution in [0, 0.1) is 11.3 Å². The molecule has 1 N–H and O–H groups in total. The average molecular weight is 387 g/mol. The molecule has 1 aliphatic heterocycles. The zero-order chi connectivity index (χ0) is 20.3. The lowest BCUT2D eigenvalue weighted by Gasteiger charge is -2.43. The molecule has 1 atom stereocenters. The molecule has 5 nitrogen and oxygen atoms in total. The maximum Gasteiger partial charge on any atom is 0.124 e. The Morgan fingerprint density at radius 1 is 1.18 bits per heavy atom. The largest absolute Gasteiger partial charge is 0.396 e. The number of nitrogens with zero attached hydrogens (tertiary/aromatic N) is 4. The summed E-state index contributed by atoms with van der Waals surface area (Å²) in [4.78, 5) is 10.1. The number of aliphatic hydroxyl groups excluding tert-OH is 1. The molecule has 0 saturated carbocycles. The van der Waals surface area contributed by atoms with Gasteiger partial charge in [0.05, 0.1) is 17.6 Å². The molecule has 1 fully saturated rings. The van der Waals surface area contributed by atoms with Gasteiger partial charge < -0.3 is 9.67 Å². The Morgan fingerprint density at radius 3 is 2.61 bits per heavy atom. The quantitative estimate of drug-likeness (QED) is 0.790. The van der Waals surface area contributed by atoms with Crippen LogP contribution in [0.25, 0.3) is 11.0 Å². The lowest BCUT2D eigenvalue weighted by Crippen LogP contribution is -2.55. The van der Waals surface area contributed by atoms with Crippen molar-refractivity contribution >= 4 is 11.0 Å². The van der Waals surface area contributed by atoms with Crippen LogP contribution in [0.5, 0.6) is 0 Å². The number of para-hydroxylation sites is 2. The third kappa shape index (κ3) is 5.34. The molecule has 2 heterocycles. The van der Waals surface area contributed by atoms with Gasteiger partial charge in [0.2, 0.25) is 0 Å². The van der Waals surface area contributed by atoms with Gasteiger partial charge in [-0.3, -0.25) is 9.80 Å². The predicted octanol–water partition coefficient (Wildman–Crippen LogP) is 3.61. The third-order valence-corrected chi connectivity index (χ3v) is 5.47. The molecule has 0 bridgehead atoms. The third-order valence-electron chi connectivity index (χ3n) is 5.47. The van der Waals surface area contributed by atoms with E-state index in [9.17, 15) is 5.11 Å². The van der Waals surface area contributed by atoms with E-state index in [1.807, 2.05) is 0 Å². The topological polar surface area (TPSA) is 44.5 Å². The van der Waals surface area contributed by atoms with E-state index in [1.54, 1.807) is 0 Å². The van der Waals surface area contributed by atoms with Gasteiger partial charge in [-0.15, -0.1) is 0 Å². The SMILES string of the molecule is CC(C)Cn1c(CN2CCN(CC(C)(C)C)C(CCO)C2)nc2ccccc21. The number of benzene rings is 1. The summed E-state index contributed by atoms with van der Waals surface area (Å²) in [6.45, 7) is 17.8. The van der Waals surface area contributed by atoms with Crippen LogP contribution in [-0.2, 0) is 13.1 Å². The summed E-state index contributed by atoms with van der Waals surface area (Å²) < 4.78 is 2.41. The van der Waals surface area contributed by atoms with Gasteiger partial charge in [0.15, 0.2) is 0 Å². The molecule has 1 aromatic heterocycles. The van der Waals surface area contributed by atoms with Crippen molar-refractivity contribution in [2.24, 2.45) is 11.3 Å². The highest BCUT2D eigenvalue weighted by Gasteiger charge is 2.30. The van der Waals surface area contributed by atoms with Gasteiger partial charge in [-0.2, -0.15) is 0 Å². The predicted molar refractivity (Wildman–Crippen MR) is 116 cm³/mol. The summed E-state index contributed by atoms with van der Waals surface area (Å²) in [5, 5.41) is 9.59. The van der Waals surface area contributed by atoms with Crippen molar-refractivity contribution in [2.45, 2.75) is 60.2 Å². The Bertz CT molecular complexity index is 762. The number of aliphatic hydroxyl groups is 1. The van der Waals surface area contributed by atoms with E-state index >= 15 is 0 Å². The monoisotopic (exact) mass is 386 g/mol. The first-order chi connectivity index (χ1) is 13.3. The second-order valence-electron chi connectivity index (χ2n) is 9.95. The zero-order valence-corrected chi connectivity index (χ0v) is 18.4. The van der Waals surface area contributed by atoms with Gasteiger partial charge in [-0.25, -0.2) is 4.98 Å². The van der Waals surface area contributed by atoms with Gasteiger partial charge >= 0.3 is 0 Å². The molecule has 0 amide bonds. The maximum absolute atomic E-state index is 9.59. The molecule has 1 saturated heterocycles. The van der Waals surface area contributed by atoms with E-state index in [4.69, 9.17) is 4.98 Å². The summed E-state index contributed by atoms with van der Waals surface area (Å²) in [6, 6.07) is 8.89. The number of imidazole rings is 1. The molecule has 2 aromatic rings. The Hall–Kier alpha value is -1.43. The fraction of sp³-hybridized carbons (Fsp3) is 0.696. The molecular weight excluding hydrogens is 348 g/mol.